The minimum Gasteiger partial charge on any atom is -0.349 e. The van der Waals surface area contributed by atoms with E-state index in [-0.39, 0.29) is 17.9 Å². The second-order valence-electron chi connectivity index (χ2n) is 7.96. The van der Waals surface area contributed by atoms with Crippen LogP contribution in [0.2, 0.25) is 0 Å². The van der Waals surface area contributed by atoms with Gasteiger partial charge in [-0.05, 0) is 31.0 Å². The third-order valence-corrected chi connectivity index (χ3v) is 6.59. The molecule has 6 rings (SSSR count). The monoisotopic (exact) mass is 472 g/mol. The van der Waals surface area contributed by atoms with Crippen LogP contribution in [0.25, 0.3) is 27.7 Å². The molecule has 34 heavy (non-hydrogen) atoms. The van der Waals surface area contributed by atoms with Crippen LogP contribution >= 0.6 is 11.3 Å². The number of fused-ring (bicyclic) bond motifs is 1. The van der Waals surface area contributed by atoms with Crippen LogP contribution < -0.4 is 5.32 Å². The standard InChI is InChI=1S/C23H17FN8OS/c24-14-11-17-19(28-12-14)16(4-6-25-17)22(33)29-15-9-13(10-15)20-30-31-21(23-27-7-8-34-23)32(20)18-3-1-2-5-26-18/h1-8,11-13,15H,9-10H2,(H,29,33). The van der Waals surface area contributed by atoms with Crippen molar-refractivity contribution in [3.05, 3.63) is 77.7 Å². The van der Waals surface area contributed by atoms with E-state index in [9.17, 15) is 9.18 Å². The number of nitrogens with one attached hydrogen (secondary N) is 1. The lowest BCUT2D eigenvalue weighted by Gasteiger charge is -2.35. The van der Waals surface area contributed by atoms with E-state index in [0.717, 1.165) is 22.8 Å². The van der Waals surface area contributed by atoms with E-state index in [1.165, 1.54) is 23.6 Å². The molecule has 168 valence electrons. The molecular weight excluding hydrogens is 455 g/mol. The van der Waals surface area contributed by atoms with E-state index in [2.05, 4.69) is 35.5 Å². The number of rotatable bonds is 5. The van der Waals surface area contributed by atoms with E-state index in [0.29, 0.717) is 35.3 Å². The molecule has 0 aromatic carbocycles. The van der Waals surface area contributed by atoms with Crippen LogP contribution in [0, 0.1) is 5.82 Å². The van der Waals surface area contributed by atoms with Gasteiger partial charge in [-0.25, -0.2) is 14.4 Å². The minimum atomic E-state index is -0.492. The fourth-order valence-corrected chi connectivity index (χ4v) is 4.75. The quantitative estimate of drug-likeness (QED) is 0.416. The van der Waals surface area contributed by atoms with Crippen LogP contribution in [0.15, 0.2) is 60.5 Å². The van der Waals surface area contributed by atoms with E-state index in [1.807, 2.05) is 28.1 Å². The average Bonchev–Trinajstić information content (AvgIpc) is 3.51. The molecule has 9 nitrogen and oxygen atoms in total. The Balaban J connectivity index is 1.22. The van der Waals surface area contributed by atoms with Gasteiger partial charge in [-0.15, -0.1) is 21.5 Å². The zero-order chi connectivity index (χ0) is 23.1. The smallest absolute Gasteiger partial charge is 0.253 e. The summed E-state index contributed by atoms with van der Waals surface area (Å²) in [6.07, 6.45) is 7.45. The highest BCUT2D eigenvalue weighted by Crippen LogP contribution is 2.38. The molecule has 0 bridgehead atoms. The number of hydrogen-bond donors (Lipinski definition) is 1. The van der Waals surface area contributed by atoms with Gasteiger partial charge in [0.25, 0.3) is 5.91 Å². The van der Waals surface area contributed by atoms with Gasteiger partial charge in [0.15, 0.2) is 10.8 Å². The molecule has 0 unspecified atom stereocenters. The van der Waals surface area contributed by atoms with E-state index < -0.39 is 5.82 Å². The van der Waals surface area contributed by atoms with Gasteiger partial charge in [-0.3, -0.25) is 19.3 Å². The minimum absolute atomic E-state index is 0.0293. The molecule has 0 aliphatic heterocycles. The maximum atomic E-state index is 13.5. The molecule has 0 atom stereocenters. The molecule has 1 aliphatic rings. The van der Waals surface area contributed by atoms with E-state index in [4.69, 9.17) is 0 Å². The number of aromatic nitrogens is 7. The number of halogens is 1. The zero-order valence-electron chi connectivity index (χ0n) is 17.7. The number of pyridine rings is 3. The number of hydrogen-bond acceptors (Lipinski definition) is 8. The summed E-state index contributed by atoms with van der Waals surface area (Å²) in [5.41, 5.74) is 1.09. The molecule has 0 saturated heterocycles. The molecule has 1 saturated carbocycles. The molecule has 5 aromatic rings. The van der Waals surface area contributed by atoms with Gasteiger partial charge in [0, 0.05) is 42.0 Å². The summed E-state index contributed by atoms with van der Waals surface area (Å²) in [6, 6.07) is 8.52. The molecular formula is C23H17FN8OS. The largest absolute Gasteiger partial charge is 0.349 e. The molecule has 5 aromatic heterocycles. The van der Waals surface area contributed by atoms with Crippen molar-refractivity contribution in [1.82, 2.24) is 40.0 Å². The number of amides is 1. The van der Waals surface area contributed by atoms with Crippen LogP contribution in [0.5, 0.6) is 0 Å². The number of carbonyl (C=O) groups excluding carboxylic acids is 1. The van der Waals surface area contributed by atoms with Crippen molar-refractivity contribution in [2.24, 2.45) is 0 Å². The van der Waals surface area contributed by atoms with E-state index in [1.54, 1.807) is 18.5 Å². The summed E-state index contributed by atoms with van der Waals surface area (Å²) in [6.45, 7) is 0. The maximum absolute atomic E-state index is 13.5. The first-order valence-electron chi connectivity index (χ1n) is 10.6. The Morgan fingerprint density at radius 3 is 2.76 bits per heavy atom. The van der Waals surface area contributed by atoms with Gasteiger partial charge >= 0.3 is 0 Å². The molecule has 5 heterocycles. The van der Waals surface area contributed by atoms with Crippen LogP contribution in [-0.4, -0.2) is 46.6 Å². The van der Waals surface area contributed by atoms with Crippen molar-refractivity contribution in [3.8, 4) is 16.6 Å². The first-order chi connectivity index (χ1) is 16.7. The van der Waals surface area contributed by atoms with Crippen LogP contribution in [0.1, 0.15) is 34.9 Å². The summed E-state index contributed by atoms with van der Waals surface area (Å²) >= 11 is 1.49. The van der Waals surface area contributed by atoms with Crippen molar-refractivity contribution in [2.75, 3.05) is 0 Å². The summed E-state index contributed by atoms with van der Waals surface area (Å²) in [7, 11) is 0. The van der Waals surface area contributed by atoms with Crippen molar-refractivity contribution < 1.29 is 9.18 Å². The Morgan fingerprint density at radius 2 is 1.97 bits per heavy atom. The Labute approximate surface area is 196 Å². The Bertz CT molecular complexity index is 1480. The first-order valence-corrected chi connectivity index (χ1v) is 11.5. The van der Waals surface area contributed by atoms with Crippen LogP contribution in [0.4, 0.5) is 4.39 Å². The molecule has 1 amide bonds. The first kappa shape index (κ1) is 20.5. The molecule has 1 fully saturated rings. The molecule has 11 heteroatoms. The molecule has 1 N–H and O–H groups in total. The second-order valence-corrected chi connectivity index (χ2v) is 8.86. The number of nitrogens with zero attached hydrogens (tertiary/aromatic N) is 7. The van der Waals surface area contributed by atoms with Crippen LogP contribution in [-0.2, 0) is 0 Å². The van der Waals surface area contributed by atoms with Crippen molar-refractivity contribution in [2.45, 2.75) is 24.8 Å². The topological polar surface area (TPSA) is 111 Å². The second kappa shape index (κ2) is 8.34. The van der Waals surface area contributed by atoms with Gasteiger partial charge in [0.2, 0.25) is 0 Å². The third kappa shape index (κ3) is 3.59. The lowest BCUT2D eigenvalue weighted by Crippen LogP contribution is -2.44. The Hall–Kier alpha value is -4.12. The fraction of sp³-hybridized carbons (Fsp3) is 0.174. The SMILES string of the molecule is O=C(NC1CC(c2nnc(-c3nccs3)n2-c2ccccn2)C1)c1ccnc2cc(F)cnc12. The highest BCUT2D eigenvalue weighted by Gasteiger charge is 2.36. The van der Waals surface area contributed by atoms with E-state index >= 15 is 0 Å². The van der Waals surface area contributed by atoms with Crippen LogP contribution in [0.3, 0.4) is 0 Å². The Kier molecular flexibility index (Phi) is 5.02. The zero-order valence-corrected chi connectivity index (χ0v) is 18.5. The maximum Gasteiger partial charge on any atom is 0.253 e. The summed E-state index contributed by atoms with van der Waals surface area (Å²) in [4.78, 5) is 29.9. The fourth-order valence-electron chi connectivity index (χ4n) is 4.14. The van der Waals surface area contributed by atoms with Gasteiger partial charge in [-0.1, -0.05) is 6.07 Å². The normalized spacial score (nSPS) is 17.4. The van der Waals surface area contributed by atoms with Gasteiger partial charge in [0.05, 0.1) is 17.3 Å². The molecule has 0 radical (unpaired) electrons. The lowest BCUT2D eigenvalue weighted by molar-refractivity contribution is 0.0908. The number of carbonyl (C=O) groups is 1. The Morgan fingerprint density at radius 1 is 1.06 bits per heavy atom. The molecule has 0 spiro atoms. The van der Waals surface area contributed by atoms with Crippen molar-refractivity contribution in [3.63, 3.8) is 0 Å². The van der Waals surface area contributed by atoms with Crippen molar-refractivity contribution in [1.29, 1.82) is 0 Å². The van der Waals surface area contributed by atoms with Gasteiger partial charge in [-0.2, -0.15) is 0 Å². The average molecular weight is 473 g/mol. The predicted molar refractivity (Wildman–Crippen MR) is 123 cm³/mol. The predicted octanol–water partition coefficient (Wildman–Crippen LogP) is 3.54. The third-order valence-electron chi connectivity index (χ3n) is 5.82. The summed E-state index contributed by atoms with van der Waals surface area (Å²) in [5, 5.41) is 14.6. The lowest BCUT2D eigenvalue weighted by atomic mass is 9.79. The van der Waals surface area contributed by atoms with Gasteiger partial charge in [0.1, 0.15) is 23.0 Å². The summed E-state index contributed by atoms with van der Waals surface area (Å²) < 4.78 is 15.4. The highest BCUT2D eigenvalue weighted by atomic mass is 32.1. The number of thiazole rings is 1. The highest BCUT2D eigenvalue weighted by molar-refractivity contribution is 7.13. The summed E-state index contributed by atoms with van der Waals surface area (Å²) in [5.74, 6) is 1.52. The molecule has 1 aliphatic carbocycles. The van der Waals surface area contributed by atoms with Crippen molar-refractivity contribution >= 4 is 28.3 Å². The van der Waals surface area contributed by atoms with Gasteiger partial charge < -0.3 is 5.32 Å².